The molecule has 0 aromatic heterocycles. The fourth-order valence-electron chi connectivity index (χ4n) is 4.61. The number of hydrogen-bond donors (Lipinski definition) is 0. The normalized spacial score (nSPS) is 26.5. The summed E-state index contributed by atoms with van der Waals surface area (Å²) in [6, 6.07) is 4.90. The van der Waals surface area contributed by atoms with E-state index in [-0.39, 0.29) is 24.0 Å². The number of halogens is 1. The number of nitrogens with zero attached hydrogens (tertiary/aromatic N) is 1. The van der Waals surface area contributed by atoms with Crippen LogP contribution in [0.4, 0.5) is 4.39 Å². The molecule has 2 atom stereocenters. The van der Waals surface area contributed by atoms with Crippen LogP contribution < -0.4 is 0 Å². The maximum atomic E-state index is 13.2. The van der Waals surface area contributed by atoms with Crippen molar-refractivity contribution in [3.8, 4) is 0 Å². The van der Waals surface area contributed by atoms with Crippen LogP contribution in [0.3, 0.4) is 0 Å². The SMILES string of the molecule is COC(=O)C1CC(CC2CCCCC2)CCS(=O)(=O)N1Cc1ccc(F)cc1. The molecule has 3 rings (SSSR count). The van der Waals surface area contributed by atoms with E-state index in [0.717, 1.165) is 6.42 Å². The van der Waals surface area contributed by atoms with Gasteiger partial charge in [-0.05, 0) is 48.8 Å². The highest BCUT2D eigenvalue weighted by Gasteiger charge is 2.40. The molecule has 1 aromatic carbocycles. The van der Waals surface area contributed by atoms with Gasteiger partial charge < -0.3 is 4.74 Å². The maximum Gasteiger partial charge on any atom is 0.324 e. The van der Waals surface area contributed by atoms with Gasteiger partial charge in [0.2, 0.25) is 10.0 Å². The van der Waals surface area contributed by atoms with E-state index < -0.39 is 22.0 Å². The van der Waals surface area contributed by atoms with E-state index in [1.165, 1.54) is 55.7 Å². The van der Waals surface area contributed by atoms with Crippen LogP contribution in [-0.2, 0) is 26.1 Å². The molecular weight excluding hydrogens is 381 g/mol. The summed E-state index contributed by atoms with van der Waals surface area (Å²) in [7, 11) is -2.31. The number of ether oxygens (including phenoxy) is 1. The van der Waals surface area contributed by atoms with Crippen molar-refractivity contribution < 1.29 is 22.3 Å². The van der Waals surface area contributed by atoms with Gasteiger partial charge >= 0.3 is 5.97 Å². The molecule has 0 radical (unpaired) electrons. The van der Waals surface area contributed by atoms with E-state index >= 15 is 0 Å². The minimum atomic E-state index is -3.61. The van der Waals surface area contributed by atoms with Crippen molar-refractivity contribution >= 4 is 16.0 Å². The Morgan fingerprint density at radius 3 is 2.43 bits per heavy atom. The predicted molar refractivity (Wildman–Crippen MR) is 105 cm³/mol. The van der Waals surface area contributed by atoms with Crippen LogP contribution in [0.5, 0.6) is 0 Å². The van der Waals surface area contributed by atoms with Gasteiger partial charge in [-0.15, -0.1) is 0 Å². The second-order valence-corrected chi connectivity index (χ2v) is 10.2. The fraction of sp³-hybridized carbons (Fsp3) is 0.667. The number of esters is 1. The lowest BCUT2D eigenvalue weighted by Gasteiger charge is -2.29. The molecule has 1 aliphatic carbocycles. The van der Waals surface area contributed by atoms with Gasteiger partial charge in [-0.3, -0.25) is 4.79 Å². The molecule has 2 fully saturated rings. The van der Waals surface area contributed by atoms with Crippen molar-refractivity contribution in [2.45, 2.75) is 64.0 Å². The first kappa shape index (κ1) is 21.2. The van der Waals surface area contributed by atoms with E-state index in [2.05, 4.69) is 0 Å². The van der Waals surface area contributed by atoms with Crippen LogP contribution >= 0.6 is 0 Å². The van der Waals surface area contributed by atoms with E-state index in [1.807, 2.05) is 0 Å². The van der Waals surface area contributed by atoms with Crippen LogP contribution in [0.25, 0.3) is 0 Å². The molecule has 5 nitrogen and oxygen atoms in total. The predicted octanol–water partition coefficient (Wildman–Crippen LogP) is 3.88. The molecule has 1 heterocycles. The first-order chi connectivity index (χ1) is 13.4. The van der Waals surface area contributed by atoms with Gasteiger partial charge in [0.05, 0.1) is 12.9 Å². The zero-order valence-electron chi connectivity index (χ0n) is 16.5. The molecule has 1 saturated heterocycles. The lowest BCUT2D eigenvalue weighted by molar-refractivity contribution is -0.145. The van der Waals surface area contributed by atoms with Crippen molar-refractivity contribution in [2.75, 3.05) is 12.9 Å². The second-order valence-electron chi connectivity index (χ2n) is 8.16. The molecule has 0 amide bonds. The molecule has 1 aromatic rings. The lowest BCUT2D eigenvalue weighted by Crippen LogP contribution is -2.45. The number of benzene rings is 1. The third-order valence-corrected chi connectivity index (χ3v) is 8.01. The fourth-order valence-corrected chi connectivity index (χ4v) is 6.39. The Kier molecular flexibility index (Phi) is 7.10. The summed E-state index contributed by atoms with van der Waals surface area (Å²) < 4.78 is 45.4. The van der Waals surface area contributed by atoms with Gasteiger partial charge in [0.1, 0.15) is 11.9 Å². The minimum Gasteiger partial charge on any atom is -0.468 e. The van der Waals surface area contributed by atoms with Gasteiger partial charge in [0, 0.05) is 6.54 Å². The van der Waals surface area contributed by atoms with Gasteiger partial charge in [0.15, 0.2) is 0 Å². The van der Waals surface area contributed by atoms with E-state index in [0.29, 0.717) is 24.3 Å². The highest BCUT2D eigenvalue weighted by atomic mass is 32.2. The number of rotatable bonds is 5. The smallest absolute Gasteiger partial charge is 0.324 e. The average Bonchev–Trinajstić information content (AvgIpc) is 2.81. The van der Waals surface area contributed by atoms with E-state index in [1.54, 1.807) is 12.1 Å². The van der Waals surface area contributed by atoms with Crippen LogP contribution in [0.2, 0.25) is 0 Å². The standard InChI is InChI=1S/C21H30FNO4S/c1-27-21(24)20-14-18(13-16-5-3-2-4-6-16)11-12-28(25,26)23(20)15-17-7-9-19(22)10-8-17/h7-10,16,18,20H,2-6,11-15H2,1H3. The number of methoxy groups -OCH3 is 1. The molecule has 0 N–H and O–H groups in total. The largest absolute Gasteiger partial charge is 0.468 e. The minimum absolute atomic E-state index is 0.0407. The Labute approximate surface area is 167 Å². The van der Waals surface area contributed by atoms with Gasteiger partial charge in [-0.1, -0.05) is 44.2 Å². The summed E-state index contributed by atoms with van der Waals surface area (Å²) in [4.78, 5) is 12.5. The monoisotopic (exact) mass is 411 g/mol. The van der Waals surface area contributed by atoms with Crippen molar-refractivity contribution in [2.24, 2.45) is 11.8 Å². The van der Waals surface area contributed by atoms with Gasteiger partial charge in [0.25, 0.3) is 0 Å². The molecule has 7 heteroatoms. The second kappa shape index (κ2) is 9.35. The first-order valence-corrected chi connectivity index (χ1v) is 11.8. The summed E-state index contributed by atoms with van der Waals surface area (Å²) in [5.74, 6) is -0.0247. The summed E-state index contributed by atoms with van der Waals surface area (Å²) in [6.45, 7) is 0.0541. The summed E-state index contributed by atoms with van der Waals surface area (Å²) >= 11 is 0. The summed E-state index contributed by atoms with van der Waals surface area (Å²) in [5.41, 5.74) is 0.657. The Balaban J connectivity index is 1.81. The molecule has 2 aliphatic rings. The van der Waals surface area contributed by atoms with Gasteiger partial charge in [-0.2, -0.15) is 4.31 Å². The zero-order valence-corrected chi connectivity index (χ0v) is 17.3. The number of sulfonamides is 1. The Morgan fingerprint density at radius 2 is 1.79 bits per heavy atom. The third-order valence-electron chi connectivity index (χ3n) is 6.16. The van der Waals surface area contributed by atoms with Crippen molar-refractivity contribution in [3.63, 3.8) is 0 Å². The number of carbonyl (C=O) groups excluding carboxylic acids is 1. The molecule has 28 heavy (non-hydrogen) atoms. The number of carbonyl (C=O) groups is 1. The Hall–Kier alpha value is -1.47. The zero-order chi connectivity index (χ0) is 20.1. The van der Waals surface area contributed by atoms with Crippen molar-refractivity contribution in [1.29, 1.82) is 0 Å². The third kappa shape index (κ3) is 5.32. The van der Waals surface area contributed by atoms with Crippen molar-refractivity contribution in [3.05, 3.63) is 35.6 Å². The summed E-state index contributed by atoms with van der Waals surface area (Å²) in [5, 5.41) is 0. The van der Waals surface area contributed by atoms with Crippen molar-refractivity contribution in [1.82, 2.24) is 4.31 Å². The molecule has 1 saturated carbocycles. The molecular formula is C21H30FNO4S. The van der Waals surface area contributed by atoms with E-state index in [9.17, 15) is 17.6 Å². The highest BCUT2D eigenvalue weighted by molar-refractivity contribution is 7.89. The van der Waals surface area contributed by atoms with Gasteiger partial charge in [-0.25, -0.2) is 12.8 Å². The van der Waals surface area contributed by atoms with Crippen LogP contribution in [0.1, 0.15) is 56.9 Å². The van der Waals surface area contributed by atoms with Crippen LogP contribution in [-0.4, -0.2) is 37.6 Å². The molecule has 0 bridgehead atoms. The first-order valence-electron chi connectivity index (χ1n) is 10.2. The molecule has 1 aliphatic heterocycles. The van der Waals surface area contributed by atoms with Crippen LogP contribution in [0.15, 0.2) is 24.3 Å². The quantitative estimate of drug-likeness (QED) is 0.690. The maximum absolute atomic E-state index is 13.2. The Morgan fingerprint density at radius 1 is 1.11 bits per heavy atom. The molecule has 0 spiro atoms. The lowest BCUT2D eigenvalue weighted by atomic mass is 9.80. The highest BCUT2D eigenvalue weighted by Crippen LogP contribution is 2.35. The number of hydrogen-bond acceptors (Lipinski definition) is 4. The average molecular weight is 412 g/mol. The molecule has 2 unspecified atom stereocenters. The summed E-state index contributed by atoms with van der Waals surface area (Å²) in [6.07, 6.45) is 8.21. The van der Waals surface area contributed by atoms with E-state index in [4.69, 9.17) is 4.74 Å². The molecule has 156 valence electrons. The van der Waals surface area contributed by atoms with Crippen LogP contribution in [0, 0.1) is 17.7 Å². The topological polar surface area (TPSA) is 63.7 Å². The Bertz CT molecular complexity index is 759.